The molecule has 2 heterocycles. The Hall–Kier alpha value is -1.50. The van der Waals surface area contributed by atoms with E-state index in [1.807, 2.05) is 0 Å². The maximum Gasteiger partial charge on any atom is 0.140 e. The van der Waals surface area contributed by atoms with E-state index in [0.717, 1.165) is 50.0 Å². The summed E-state index contributed by atoms with van der Waals surface area (Å²) in [6.45, 7) is 9.17. The lowest BCUT2D eigenvalue weighted by Gasteiger charge is -2.33. The number of hydrogen-bond donors (Lipinski definition) is 0. The Balaban J connectivity index is 1.47. The second kappa shape index (κ2) is 7.86. The molecule has 0 unspecified atom stereocenters. The third-order valence-electron chi connectivity index (χ3n) is 4.07. The molecule has 3 rings (SSSR count). The number of piperazine rings is 1. The van der Waals surface area contributed by atoms with E-state index >= 15 is 0 Å². The molecule has 23 heavy (non-hydrogen) atoms. The lowest BCUT2D eigenvalue weighted by Crippen LogP contribution is -2.45. The zero-order chi connectivity index (χ0) is 16.1. The van der Waals surface area contributed by atoms with Gasteiger partial charge in [0.05, 0.1) is 5.69 Å². The van der Waals surface area contributed by atoms with Gasteiger partial charge in [0, 0.05) is 38.1 Å². The summed E-state index contributed by atoms with van der Waals surface area (Å²) in [4.78, 5) is 9.56. The number of rotatable bonds is 6. The lowest BCUT2D eigenvalue weighted by molar-refractivity contribution is 0.131. The average molecular weight is 335 g/mol. The van der Waals surface area contributed by atoms with Gasteiger partial charge in [0.1, 0.15) is 23.2 Å². The highest BCUT2D eigenvalue weighted by Crippen LogP contribution is 2.17. The number of benzene rings is 1. The van der Waals surface area contributed by atoms with Crippen LogP contribution in [-0.4, -0.2) is 47.5 Å². The van der Waals surface area contributed by atoms with Gasteiger partial charge in [-0.3, -0.25) is 4.90 Å². The maximum atomic E-state index is 12.8. The highest BCUT2D eigenvalue weighted by molar-refractivity contribution is 7.09. The van der Waals surface area contributed by atoms with Crippen molar-refractivity contribution in [1.82, 2.24) is 14.8 Å². The summed E-state index contributed by atoms with van der Waals surface area (Å²) >= 11 is 1.62. The molecule has 0 N–H and O–H groups in total. The molecule has 1 aliphatic heterocycles. The van der Waals surface area contributed by atoms with Crippen molar-refractivity contribution in [3.63, 3.8) is 0 Å². The molecule has 124 valence electrons. The van der Waals surface area contributed by atoms with Crippen LogP contribution in [0.2, 0.25) is 0 Å². The van der Waals surface area contributed by atoms with Crippen LogP contribution in [0.1, 0.15) is 17.6 Å². The van der Waals surface area contributed by atoms with Gasteiger partial charge in [0.2, 0.25) is 0 Å². The van der Waals surface area contributed by atoms with Crippen molar-refractivity contribution in [3.05, 3.63) is 46.2 Å². The molecular weight excluding hydrogens is 313 g/mol. The Morgan fingerprint density at radius 3 is 2.52 bits per heavy atom. The van der Waals surface area contributed by atoms with Gasteiger partial charge in [-0.1, -0.05) is 6.92 Å². The number of nitrogens with zero attached hydrogens (tertiary/aromatic N) is 3. The molecule has 0 saturated carbocycles. The highest BCUT2D eigenvalue weighted by atomic mass is 32.1. The Labute approximate surface area is 140 Å². The van der Waals surface area contributed by atoms with Crippen molar-refractivity contribution in [2.45, 2.75) is 20.1 Å². The smallest absolute Gasteiger partial charge is 0.140 e. The first-order valence-electron chi connectivity index (χ1n) is 7.99. The van der Waals surface area contributed by atoms with Crippen LogP contribution in [0.25, 0.3) is 0 Å². The quantitative estimate of drug-likeness (QED) is 0.811. The van der Waals surface area contributed by atoms with Gasteiger partial charge in [0.15, 0.2) is 0 Å². The summed E-state index contributed by atoms with van der Waals surface area (Å²) < 4.78 is 18.5. The SMILES string of the molecule is CCN1CCN(Cc2csc(COc3ccc(F)cc3)n2)CC1. The van der Waals surface area contributed by atoms with Crippen LogP contribution >= 0.6 is 11.3 Å². The van der Waals surface area contributed by atoms with Crippen LogP contribution in [0.15, 0.2) is 29.6 Å². The van der Waals surface area contributed by atoms with Crippen LogP contribution in [0, 0.1) is 5.82 Å². The Morgan fingerprint density at radius 2 is 1.83 bits per heavy atom. The van der Waals surface area contributed by atoms with E-state index < -0.39 is 0 Å². The normalized spacial score (nSPS) is 16.6. The summed E-state index contributed by atoms with van der Waals surface area (Å²) in [5, 5.41) is 3.06. The van der Waals surface area contributed by atoms with Crippen LogP contribution < -0.4 is 4.74 Å². The fourth-order valence-corrected chi connectivity index (χ4v) is 3.35. The predicted octanol–water partition coefficient (Wildman–Crippen LogP) is 3.00. The first kappa shape index (κ1) is 16.4. The molecule has 0 spiro atoms. The zero-order valence-corrected chi connectivity index (χ0v) is 14.2. The molecule has 4 nitrogen and oxygen atoms in total. The van der Waals surface area contributed by atoms with Crippen molar-refractivity contribution >= 4 is 11.3 Å². The summed E-state index contributed by atoms with van der Waals surface area (Å²) in [5.41, 5.74) is 1.11. The van der Waals surface area contributed by atoms with E-state index in [4.69, 9.17) is 4.74 Å². The molecule has 6 heteroatoms. The van der Waals surface area contributed by atoms with Crippen molar-refractivity contribution in [2.75, 3.05) is 32.7 Å². The van der Waals surface area contributed by atoms with Crippen molar-refractivity contribution < 1.29 is 9.13 Å². The predicted molar refractivity (Wildman–Crippen MR) is 90.2 cm³/mol. The lowest BCUT2D eigenvalue weighted by atomic mass is 10.3. The molecule has 0 bridgehead atoms. The number of halogens is 1. The molecule has 1 fully saturated rings. The summed E-state index contributed by atoms with van der Waals surface area (Å²) in [7, 11) is 0. The van der Waals surface area contributed by atoms with E-state index in [0.29, 0.717) is 12.4 Å². The van der Waals surface area contributed by atoms with Gasteiger partial charge >= 0.3 is 0 Å². The van der Waals surface area contributed by atoms with Gasteiger partial charge < -0.3 is 9.64 Å². The molecule has 2 aromatic rings. The minimum Gasteiger partial charge on any atom is -0.486 e. The second-order valence-corrected chi connectivity index (χ2v) is 6.63. The minimum atomic E-state index is -0.253. The van der Waals surface area contributed by atoms with Crippen LogP contribution in [0.3, 0.4) is 0 Å². The number of likely N-dealkylation sites (N-methyl/N-ethyl adjacent to an activating group) is 1. The van der Waals surface area contributed by atoms with Crippen LogP contribution in [0.4, 0.5) is 4.39 Å². The largest absolute Gasteiger partial charge is 0.486 e. The van der Waals surface area contributed by atoms with Crippen LogP contribution in [0.5, 0.6) is 5.75 Å². The fourth-order valence-electron chi connectivity index (χ4n) is 2.66. The summed E-state index contributed by atoms with van der Waals surface area (Å²) in [6, 6.07) is 6.07. The molecule has 1 saturated heterocycles. The van der Waals surface area contributed by atoms with Gasteiger partial charge in [-0.15, -0.1) is 11.3 Å². The molecule has 0 amide bonds. The molecule has 1 aromatic heterocycles. The van der Waals surface area contributed by atoms with E-state index in [-0.39, 0.29) is 5.82 Å². The van der Waals surface area contributed by atoms with Crippen molar-refractivity contribution in [3.8, 4) is 5.75 Å². The molecular formula is C17H22FN3OS. The first-order valence-corrected chi connectivity index (χ1v) is 8.87. The molecule has 0 aliphatic carbocycles. The van der Waals surface area contributed by atoms with Gasteiger partial charge in [-0.25, -0.2) is 9.37 Å². The van der Waals surface area contributed by atoms with Gasteiger partial charge in [-0.05, 0) is 30.8 Å². The Bertz CT molecular complexity index is 609. The molecule has 1 aliphatic rings. The summed E-state index contributed by atoms with van der Waals surface area (Å²) in [6.07, 6.45) is 0. The van der Waals surface area contributed by atoms with E-state index in [9.17, 15) is 4.39 Å². The number of thiazole rings is 1. The van der Waals surface area contributed by atoms with Crippen molar-refractivity contribution in [1.29, 1.82) is 0 Å². The fraction of sp³-hybridized carbons (Fsp3) is 0.471. The Kier molecular flexibility index (Phi) is 5.59. The number of hydrogen-bond acceptors (Lipinski definition) is 5. The standard InChI is InChI=1S/C17H22FN3OS/c1-2-20-7-9-21(10-8-20)11-15-13-23-17(19-15)12-22-16-5-3-14(18)4-6-16/h3-6,13H,2,7-12H2,1H3. The maximum absolute atomic E-state index is 12.8. The number of ether oxygens (including phenoxy) is 1. The first-order chi connectivity index (χ1) is 11.2. The van der Waals surface area contributed by atoms with Gasteiger partial charge in [-0.2, -0.15) is 0 Å². The molecule has 1 aromatic carbocycles. The van der Waals surface area contributed by atoms with E-state index in [1.54, 1.807) is 23.5 Å². The average Bonchev–Trinajstić information content (AvgIpc) is 3.02. The second-order valence-electron chi connectivity index (χ2n) is 5.69. The van der Waals surface area contributed by atoms with E-state index in [1.165, 1.54) is 12.1 Å². The van der Waals surface area contributed by atoms with Crippen molar-refractivity contribution in [2.24, 2.45) is 0 Å². The molecule has 0 atom stereocenters. The van der Waals surface area contributed by atoms with Crippen LogP contribution in [-0.2, 0) is 13.2 Å². The topological polar surface area (TPSA) is 28.6 Å². The Morgan fingerprint density at radius 1 is 1.13 bits per heavy atom. The number of aromatic nitrogens is 1. The van der Waals surface area contributed by atoms with Gasteiger partial charge in [0.25, 0.3) is 0 Å². The molecule has 0 radical (unpaired) electrons. The zero-order valence-electron chi connectivity index (χ0n) is 13.4. The highest BCUT2D eigenvalue weighted by Gasteiger charge is 2.16. The third kappa shape index (κ3) is 4.73. The summed E-state index contributed by atoms with van der Waals surface area (Å²) in [5.74, 6) is 0.413. The minimum absolute atomic E-state index is 0.253. The third-order valence-corrected chi connectivity index (χ3v) is 4.94. The van der Waals surface area contributed by atoms with E-state index in [2.05, 4.69) is 27.1 Å². The monoisotopic (exact) mass is 335 g/mol.